The number of fused-ring (bicyclic) bond motifs is 1. The van der Waals surface area contributed by atoms with Gasteiger partial charge in [-0.3, -0.25) is 0 Å². The lowest BCUT2D eigenvalue weighted by atomic mass is 10.2. The van der Waals surface area contributed by atoms with Gasteiger partial charge in [0.1, 0.15) is 11.7 Å². The topological polar surface area (TPSA) is 51.9 Å². The maximum absolute atomic E-state index is 12.1. The molecular formula is C19H28INO4. The van der Waals surface area contributed by atoms with Crippen molar-refractivity contribution < 1.29 is 18.7 Å². The fourth-order valence-corrected chi connectivity index (χ4v) is 2.19. The van der Waals surface area contributed by atoms with Crippen molar-refractivity contribution in [3.63, 3.8) is 0 Å². The number of halogens is 1. The Hall–Kier alpha value is -1.12. The van der Waals surface area contributed by atoms with Gasteiger partial charge in [0.2, 0.25) is 5.76 Å². The number of alkyl halides is 1. The molecule has 1 unspecified atom stereocenters. The minimum atomic E-state index is -0.421. The van der Waals surface area contributed by atoms with Crippen molar-refractivity contribution in [2.24, 2.45) is 0 Å². The van der Waals surface area contributed by atoms with Crippen LogP contribution in [0.15, 0.2) is 28.7 Å². The molecular weight excluding hydrogens is 433 g/mol. The van der Waals surface area contributed by atoms with Crippen LogP contribution in [0.3, 0.4) is 0 Å². The number of carbonyl (C=O) groups excluding carboxylic acids is 1. The van der Waals surface area contributed by atoms with Gasteiger partial charge in [0.05, 0.1) is 6.61 Å². The summed E-state index contributed by atoms with van der Waals surface area (Å²) in [6.07, 6.45) is 0.643. The van der Waals surface area contributed by atoms with Crippen molar-refractivity contribution in [2.75, 3.05) is 32.2 Å². The molecule has 0 aliphatic heterocycles. The highest BCUT2D eigenvalue weighted by Gasteiger charge is 2.17. The molecule has 0 saturated carbocycles. The van der Waals surface area contributed by atoms with E-state index in [2.05, 4.69) is 34.4 Å². The molecule has 0 radical (unpaired) electrons. The lowest BCUT2D eigenvalue weighted by Gasteiger charge is -2.15. The van der Waals surface area contributed by atoms with Gasteiger partial charge in [0, 0.05) is 19.0 Å². The van der Waals surface area contributed by atoms with Crippen LogP contribution in [0, 0.1) is 0 Å². The van der Waals surface area contributed by atoms with E-state index in [4.69, 9.17) is 13.9 Å². The zero-order valence-corrected chi connectivity index (χ0v) is 17.8. The van der Waals surface area contributed by atoms with Crippen molar-refractivity contribution in [2.45, 2.75) is 33.0 Å². The average Bonchev–Trinajstić information content (AvgIpc) is 2.97. The van der Waals surface area contributed by atoms with Crippen molar-refractivity contribution in [3.8, 4) is 0 Å². The Morgan fingerprint density at radius 3 is 2.60 bits per heavy atom. The van der Waals surface area contributed by atoms with E-state index in [-0.39, 0.29) is 11.9 Å². The van der Waals surface area contributed by atoms with Gasteiger partial charge in [-0.1, -0.05) is 35.6 Å². The maximum Gasteiger partial charge on any atom is 0.374 e. The molecule has 1 heterocycles. The minimum Gasteiger partial charge on any atom is -0.457 e. The molecule has 5 nitrogen and oxygen atoms in total. The Morgan fingerprint density at radius 1 is 1.32 bits per heavy atom. The first-order valence-electron chi connectivity index (χ1n) is 8.34. The van der Waals surface area contributed by atoms with Gasteiger partial charge in [-0.25, -0.2) is 4.79 Å². The van der Waals surface area contributed by atoms with Crippen LogP contribution in [0.4, 0.5) is 0 Å². The summed E-state index contributed by atoms with van der Waals surface area (Å²) in [4.78, 5) is 14.2. The first-order valence-corrected chi connectivity index (χ1v) is 9.86. The quantitative estimate of drug-likeness (QED) is 0.345. The molecule has 2 aromatic rings. The van der Waals surface area contributed by atoms with Crippen LogP contribution in [0.2, 0.25) is 0 Å². The van der Waals surface area contributed by atoms with E-state index < -0.39 is 5.97 Å². The summed E-state index contributed by atoms with van der Waals surface area (Å²) in [5.74, 6) is -0.183. The summed E-state index contributed by atoms with van der Waals surface area (Å²) in [5.41, 5.74) is 1.71. The Labute approximate surface area is 163 Å². The summed E-state index contributed by atoms with van der Waals surface area (Å²) in [5, 5.41) is 0.877. The number of hydrogen-bond acceptors (Lipinski definition) is 5. The van der Waals surface area contributed by atoms with E-state index in [9.17, 15) is 4.79 Å². The number of methoxy groups -OCH3 is 1. The van der Waals surface area contributed by atoms with Crippen LogP contribution in [0.1, 0.15) is 36.4 Å². The third kappa shape index (κ3) is 7.75. The third-order valence-electron chi connectivity index (χ3n) is 3.38. The number of furan rings is 1. The number of carbonyl (C=O) groups is 1. The molecule has 0 saturated heterocycles. The summed E-state index contributed by atoms with van der Waals surface area (Å²) in [6.45, 7) is 5.40. The Balaban J connectivity index is 0.000000970. The van der Waals surface area contributed by atoms with E-state index in [1.54, 1.807) is 13.2 Å². The van der Waals surface area contributed by atoms with Gasteiger partial charge < -0.3 is 18.8 Å². The molecule has 0 aliphatic carbocycles. The number of esters is 1. The zero-order valence-electron chi connectivity index (χ0n) is 15.7. The fraction of sp³-hybridized carbons (Fsp3) is 0.526. The van der Waals surface area contributed by atoms with Crippen LogP contribution in [-0.2, 0) is 16.1 Å². The summed E-state index contributed by atoms with van der Waals surface area (Å²) in [7, 11) is 5.63. The summed E-state index contributed by atoms with van der Waals surface area (Å²) < 4.78 is 17.3. The number of benzene rings is 1. The molecule has 25 heavy (non-hydrogen) atoms. The highest BCUT2D eigenvalue weighted by Crippen LogP contribution is 2.22. The molecule has 6 heteroatoms. The molecule has 140 valence electrons. The SMILES string of the molecule is CCI.COCc1ccc2oc(C(=O)OC(C)CCN(C)C)cc2c1. The Bertz CT molecular complexity index is 654. The second-order valence-electron chi connectivity index (χ2n) is 5.99. The third-order valence-corrected chi connectivity index (χ3v) is 3.38. The Morgan fingerprint density at radius 2 is 2.00 bits per heavy atom. The lowest BCUT2D eigenvalue weighted by Crippen LogP contribution is -2.21. The van der Waals surface area contributed by atoms with E-state index >= 15 is 0 Å². The number of nitrogens with zero attached hydrogens (tertiary/aromatic N) is 1. The van der Waals surface area contributed by atoms with E-state index in [1.807, 2.05) is 39.2 Å². The predicted molar refractivity (Wildman–Crippen MR) is 110 cm³/mol. The van der Waals surface area contributed by atoms with E-state index in [1.165, 1.54) is 4.43 Å². The second-order valence-corrected chi connectivity index (χ2v) is 7.52. The van der Waals surface area contributed by atoms with E-state index in [0.717, 1.165) is 23.9 Å². The molecule has 0 spiro atoms. The zero-order chi connectivity index (χ0) is 18.8. The normalized spacial score (nSPS) is 12.0. The summed E-state index contributed by atoms with van der Waals surface area (Å²) >= 11 is 2.29. The van der Waals surface area contributed by atoms with Crippen molar-refractivity contribution in [3.05, 3.63) is 35.6 Å². The van der Waals surface area contributed by atoms with Crippen LogP contribution < -0.4 is 0 Å². The van der Waals surface area contributed by atoms with Gasteiger partial charge in [-0.05, 0) is 55.6 Å². The highest BCUT2D eigenvalue weighted by molar-refractivity contribution is 14.1. The van der Waals surface area contributed by atoms with E-state index in [0.29, 0.717) is 12.2 Å². The number of rotatable bonds is 7. The summed E-state index contributed by atoms with van der Waals surface area (Å²) in [6, 6.07) is 7.43. The van der Waals surface area contributed by atoms with Crippen molar-refractivity contribution >= 4 is 39.5 Å². The van der Waals surface area contributed by atoms with Crippen LogP contribution in [-0.4, -0.2) is 49.2 Å². The Kier molecular flexibility index (Phi) is 10.1. The van der Waals surface area contributed by atoms with Gasteiger partial charge in [-0.15, -0.1) is 0 Å². The van der Waals surface area contributed by atoms with Gasteiger partial charge in [0.25, 0.3) is 0 Å². The number of hydrogen-bond donors (Lipinski definition) is 0. The molecule has 2 rings (SSSR count). The average molecular weight is 461 g/mol. The van der Waals surface area contributed by atoms with Crippen molar-refractivity contribution in [1.82, 2.24) is 4.90 Å². The smallest absolute Gasteiger partial charge is 0.374 e. The van der Waals surface area contributed by atoms with Crippen LogP contribution in [0.25, 0.3) is 11.0 Å². The molecule has 0 fully saturated rings. The first kappa shape index (κ1) is 21.9. The van der Waals surface area contributed by atoms with Gasteiger partial charge in [0.15, 0.2) is 0 Å². The fourth-order valence-electron chi connectivity index (χ4n) is 2.19. The van der Waals surface area contributed by atoms with Gasteiger partial charge >= 0.3 is 5.97 Å². The molecule has 0 amide bonds. The molecule has 0 bridgehead atoms. The van der Waals surface area contributed by atoms with Crippen molar-refractivity contribution in [1.29, 1.82) is 0 Å². The molecule has 1 aromatic carbocycles. The molecule has 0 N–H and O–H groups in total. The molecule has 0 aliphatic rings. The maximum atomic E-state index is 12.1. The predicted octanol–water partition coefficient (Wildman–Crippen LogP) is 4.52. The molecule has 1 aromatic heterocycles. The highest BCUT2D eigenvalue weighted by atomic mass is 127. The van der Waals surface area contributed by atoms with Crippen LogP contribution >= 0.6 is 22.6 Å². The molecule has 1 atom stereocenters. The largest absolute Gasteiger partial charge is 0.457 e. The number of ether oxygens (including phenoxy) is 2. The lowest BCUT2D eigenvalue weighted by molar-refractivity contribution is 0.0278. The monoisotopic (exact) mass is 461 g/mol. The van der Waals surface area contributed by atoms with Gasteiger partial charge in [-0.2, -0.15) is 0 Å². The standard InChI is InChI=1S/C17H23NO4.C2H5I/c1-12(7-8-18(2)3)21-17(19)16-10-14-9-13(11-20-4)5-6-15(14)22-16;1-2-3/h5-6,9-10,12H,7-8,11H2,1-4H3;2H2,1H3. The van der Waals surface area contributed by atoms with Crippen LogP contribution in [0.5, 0.6) is 0 Å². The minimum absolute atomic E-state index is 0.146. The second kappa shape index (κ2) is 11.5. The first-order chi connectivity index (χ1) is 11.9.